The van der Waals surface area contributed by atoms with Gasteiger partial charge in [-0.05, 0) is 44.2 Å². The van der Waals surface area contributed by atoms with Gasteiger partial charge in [0.05, 0.1) is 13.2 Å². The molecule has 1 aliphatic rings. The lowest BCUT2D eigenvalue weighted by Crippen LogP contribution is -2.42. The van der Waals surface area contributed by atoms with Crippen molar-refractivity contribution < 1.29 is 23.4 Å². The minimum atomic E-state index is -0.498. The Morgan fingerprint density at radius 2 is 2.08 bits per heavy atom. The summed E-state index contributed by atoms with van der Waals surface area (Å²) in [5, 5.41) is 2.95. The van der Waals surface area contributed by atoms with Gasteiger partial charge >= 0.3 is 0 Å². The lowest BCUT2D eigenvalue weighted by Gasteiger charge is -2.38. The van der Waals surface area contributed by atoms with Crippen LogP contribution in [0.3, 0.4) is 0 Å². The van der Waals surface area contributed by atoms with Crippen molar-refractivity contribution in [3.8, 4) is 17.2 Å². The minimum Gasteiger partial charge on any atom is -0.497 e. The normalized spacial score (nSPS) is 17.6. The van der Waals surface area contributed by atoms with Crippen LogP contribution < -0.4 is 19.5 Å². The van der Waals surface area contributed by atoms with Crippen molar-refractivity contribution in [1.82, 2.24) is 5.32 Å². The first-order valence-corrected chi connectivity index (χ1v) is 8.41. The van der Waals surface area contributed by atoms with Gasteiger partial charge in [-0.3, -0.25) is 4.79 Å². The van der Waals surface area contributed by atoms with Crippen LogP contribution in [0.2, 0.25) is 0 Å². The van der Waals surface area contributed by atoms with E-state index in [1.165, 1.54) is 12.1 Å². The van der Waals surface area contributed by atoms with Crippen molar-refractivity contribution in [2.75, 3.05) is 13.7 Å². The molecule has 6 heteroatoms. The summed E-state index contributed by atoms with van der Waals surface area (Å²) < 4.78 is 30.1. The number of rotatable bonds is 5. The molecule has 5 nitrogen and oxygen atoms in total. The number of carbonyl (C=O) groups excluding carboxylic acids is 1. The van der Waals surface area contributed by atoms with E-state index in [1.807, 2.05) is 32.0 Å². The second-order valence-electron chi connectivity index (χ2n) is 6.81. The molecule has 0 fully saturated rings. The highest BCUT2D eigenvalue weighted by Crippen LogP contribution is 2.41. The topological polar surface area (TPSA) is 56.8 Å². The standard InChI is InChI=1S/C20H22FNO4/c1-20(2)11-16(14-10-13(24-3)8-9-17(14)26-20)22-19(23)12-25-18-7-5-4-6-15(18)21/h4-10,16H,11-12H2,1-3H3,(H,22,23). The van der Waals surface area contributed by atoms with Crippen LogP contribution in [0, 0.1) is 5.82 Å². The third-order valence-electron chi connectivity index (χ3n) is 4.20. The van der Waals surface area contributed by atoms with Gasteiger partial charge < -0.3 is 19.5 Å². The van der Waals surface area contributed by atoms with E-state index in [0.29, 0.717) is 17.9 Å². The number of para-hydroxylation sites is 1. The maximum absolute atomic E-state index is 13.6. The number of methoxy groups -OCH3 is 1. The molecular weight excluding hydrogens is 337 g/mol. The van der Waals surface area contributed by atoms with Crippen LogP contribution in [0.1, 0.15) is 31.9 Å². The Morgan fingerprint density at radius 1 is 1.31 bits per heavy atom. The molecule has 0 aliphatic carbocycles. The molecule has 1 unspecified atom stereocenters. The highest BCUT2D eigenvalue weighted by molar-refractivity contribution is 5.78. The van der Waals surface area contributed by atoms with Gasteiger partial charge in [-0.2, -0.15) is 0 Å². The van der Waals surface area contributed by atoms with E-state index >= 15 is 0 Å². The van der Waals surface area contributed by atoms with E-state index in [0.717, 1.165) is 5.56 Å². The zero-order valence-corrected chi connectivity index (χ0v) is 15.0. The Kier molecular flexibility index (Phi) is 5.02. The zero-order valence-electron chi connectivity index (χ0n) is 15.0. The number of carbonyl (C=O) groups is 1. The predicted octanol–water partition coefficient (Wildman–Crippen LogP) is 3.63. The SMILES string of the molecule is COc1ccc2c(c1)C(NC(=O)COc1ccccc1F)CC(C)(C)O2. The minimum absolute atomic E-state index is 0.0528. The van der Waals surface area contributed by atoms with Gasteiger partial charge in [0.2, 0.25) is 0 Å². The Balaban J connectivity index is 1.72. The summed E-state index contributed by atoms with van der Waals surface area (Å²) >= 11 is 0. The lowest BCUT2D eigenvalue weighted by atomic mass is 9.89. The Bertz CT molecular complexity index is 806. The summed E-state index contributed by atoms with van der Waals surface area (Å²) in [5.41, 5.74) is 0.425. The average Bonchev–Trinajstić information content (AvgIpc) is 2.60. The number of ether oxygens (including phenoxy) is 3. The van der Waals surface area contributed by atoms with E-state index in [-0.39, 0.29) is 24.3 Å². The molecule has 2 aromatic carbocycles. The predicted molar refractivity (Wildman–Crippen MR) is 95.1 cm³/mol. The van der Waals surface area contributed by atoms with Gasteiger partial charge in [0, 0.05) is 12.0 Å². The molecule has 0 aromatic heterocycles. The number of benzene rings is 2. The monoisotopic (exact) mass is 359 g/mol. The quantitative estimate of drug-likeness (QED) is 0.886. The van der Waals surface area contributed by atoms with E-state index in [4.69, 9.17) is 14.2 Å². The molecule has 0 bridgehead atoms. The third-order valence-corrected chi connectivity index (χ3v) is 4.20. The molecule has 0 saturated heterocycles. The Labute approximate surface area is 152 Å². The first-order valence-electron chi connectivity index (χ1n) is 8.41. The van der Waals surface area contributed by atoms with Gasteiger partial charge in [0.25, 0.3) is 5.91 Å². The zero-order chi connectivity index (χ0) is 18.7. The molecule has 3 rings (SSSR count). The Hall–Kier alpha value is -2.76. The van der Waals surface area contributed by atoms with Crippen molar-refractivity contribution in [1.29, 1.82) is 0 Å². The first-order chi connectivity index (χ1) is 12.4. The molecule has 138 valence electrons. The highest BCUT2D eigenvalue weighted by atomic mass is 19.1. The van der Waals surface area contributed by atoms with Gasteiger partial charge in [0.1, 0.15) is 17.1 Å². The number of fused-ring (bicyclic) bond motifs is 1. The molecule has 0 spiro atoms. The Morgan fingerprint density at radius 3 is 2.81 bits per heavy atom. The maximum atomic E-state index is 13.6. The van der Waals surface area contributed by atoms with E-state index in [2.05, 4.69) is 5.32 Å². The smallest absolute Gasteiger partial charge is 0.258 e. The molecule has 2 aromatic rings. The molecule has 1 heterocycles. The van der Waals surface area contributed by atoms with Crippen LogP contribution >= 0.6 is 0 Å². The van der Waals surface area contributed by atoms with Gasteiger partial charge in [0.15, 0.2) is 18.2 Å². The molecular formula is C20H22FNO4. The van der Waals surface area contributed by atoms with Crippen LogP contribution in [-0.4, -0.2) is 25.2 Å². The van der Waals surface area contributed by atoms with Crippen LogP contribution in [0.25, 0.3) is 0 Å². The summed E-state index contributed by atoms with van der Waals surface area (Å²) in [6.45, 7) is 3.67. The number of nitrogens with one attached hydrogen (secondary N) is 1. The highest BCUT2D eigenvalue weighted by Gasteiger charge is 2.34. The second-order valence-corrected chi connectivity index (χ2v) is 6.81. The summed E-state index contributed by atoms with van der Waals surface area (Å²) in [4.78, 5) is 12.3. The lowest BCUT2D eigenvalue weighted by molar-refractivity contribution is -0.124. The van der Waals surface area contributed by atoms with E-state index in [1.54, 1.807) is 19.2 Å². The number of amides is 1. The number of halogens is 1. The summed E-state index contributed by atoms with van der Waals surface area (Å²) in [6, 6.07) is 11.3. The fourth-order valence-corrected chi connectivity index (χ4v) is 3.03. The van der Waals surface area contributed by atoms with E-state index in [9.17, 15) is 9.18 Å². The average molecular weight is 359 g/mol. The van der Waals surface area contributed by atoms with Crippen LogP contribution in [0.15, 0.2) is 42.5 Å². The molecule has 26 heavy (non-hydrogen) atoms. The molecule has 0 saturated carbocycles. The van der Waals surface area contributed by atoms with E-state index < -0.39 is 11.4 Å². The number of hydrogen-bond donors (Lipinski definition) is 1. The van der Waals surface area contributed by atoms with Gasteiger partial charge in [-0.15, -0.1) is 0 Å². The number of hydrogen-bond acceptors (Lipinski definition) is 4. The van der Waals surface area contributed by atoms with Crippen LogP contribution in [0.4, 0.5) is 4.39 Å². The van der Waals surface area contributed by atoms with Gasteiger partial charge in [-0.1, -0.05) is 12.1 Å². The first kappa shape index (κ1) is 18.0. The van der Waals surface area contributed by atoms with Crippen molar-refractivity contribution >= 4 is 5.91 Å². The third kappa shape index (κ3) is 4.07. The largest absolute Gasteiger partial charge is 0.497 e. The van der Waals surface area contributed by atoms with Crippen molar-refractivity contribution in [3.63, 3.8) is 0 Å². The fourth-order valence-electron chi connectivity index (χ4n) is 3.03. The van der Waals surface area contributed by atoms with Crippen molar-refractivity contribution in [3.05, 3.63) is 53.8 Å². The molecule has 1 atom stereocenters. The molecule has 0 radical (unpaired) electrons. The fraction of sp³-hybridized carbons (Fsp3) is 0.350. The van der Waals surface area contributed by atoms with Crippen LogP contribution in [0.5, 0.6) is 17.2 Å². The molecule has 1 N–H and O–H groups in total. The summed E-state index contributed by atoms with van der Waals surface area (Å²) in [6.07, 6.45) is 0.596. The van der Waals surface area contributed by atoms with Crippen molar-refractivity contribution in [2.45, 2.75) is 31.9 Å². The summed E-state index contributed by atoms with van der Waals surface area (Å²) in [5.74, 6) is 0.626. The van der Waals surface area contributed by atoms with Crippen molar-refractivity contribution in [2.24, 2.45) is 0 Å². The maximum Gasteiger partial charge on any atom is 0.258 e. The molecule has 1 aliphatic heterocycles. The van der Waals surface area contributed by atoms with Gasteiger partial charge in [-0.25, -0.2) is 4.39 Å². The molecule has 1 amide bonds. The van der Waals surface area contributed by atoms with Crippen LogP contribution in [-0.2, 0) is 4.79 Å². The second kappa shape index (κ2) is 7.23. The summed E-state index contributed by atoms with van der Waals surface area (Å²) in [7, 11) is 1.59.